The van der Waals surface area contributed by atoms with E-state index in [1.54, 1.807) is 19.2 Å². The highest BCUT2D eigenvalue weighted by Crippen LogP contribution is 2.36. The van der Waals surface area contributed by atoms with Gasteiger partial charge in [0.1, 0.15) is 17.1 Å². The number of nitrogens with zero attached hydrogens (tertiary/aromatic N) is 1. The van der Waals surface area contributed by atoms with Crippen molar-refractivity contribution in [2.75, 3.05) is 12.4 Å². The summed E-state index contributed by atoms with van der Waals surface area (Å²) in [4.78, 5) is 16.4. The molecule has 0 fully saturated rings. The fourth-order valence-electron chi connectivity index (χ4n) is 2.79. The van der Waals surface area contributed by atoms with E-state index in [1.165, 1.54) is 17.4 Å². The summed E-state index contributed by atoms with van der Waals surface area (Å²) in [7, 11) is 1.75. The maximum atomic E-state index is 12.9. The van der Waals surface area contributed by atoms with Crippen molar-refractivity contribution in [1.29, 1.82) is 0 Å². The zero-order chi connectivity index (χ0) is 19.6. The maximum Gasteiger partial charge on any atom is 0.416 e. The van der Waals surface area contributed by atoms with Crippen LogP contribution >= 0.6 is 11.3 Å². The number of hydrogen-bond acceptors (Lipinski definition) is 4. The summed E-state index contributed by atoms with van der Waals surface area (Å²) < 4.78 is 38.7. The van der Waals surface area contributed by atoms with Crippen LogP contribution in [0.2, 0.25) is 0 Å². The Morgan fingerprint density at radius 2 is 1.96 bits per heavy atom. The average molecular weight is 390 g/mol. The van der Waals surface area contributed by atoms with Gasteiger partial charge in [0.2, 0.25) is 0 Å². The zero-order valence-electron chi connectivity index (χ0n) is 14.7. The van der Waals surface area contributed by atoms with Crippen LogP contribution in [0.1, 0.15) is 32.1 Å². The van der Waals surface area contributed by atoms with Gasteiger partial charge in [-0.2, -0.15) is 13.2 Å². The number of nitrogens with one attached hydrogen (secondary N) is 1. The van der Waals surface area contributed by atoms with Gasteiger partial charge in [-0.3, -0.25) is 4.79 Å². The van der Waals surface area contributed by atoms with Gasteiger partial charge in [0.15, 0.2) is 0 Å². The van der Waals surface area contributed by atoms with E-state index in [4.69, 9.17) is 0 Å². The molecule has 1 aromatic heterocycles. The van der Waals surface area contributed by atoms with Crippen LogP contribution < -0.4 is 5.32 Å². The van der Waals surface area contributed by atoms with Gasteiger partial charge in [-0.1, -0.05) is 30.3 Å². The maximum absolute atomic E-state index is 12.9. The molecular weight excluding hydrogens is 373 g/mol. The average Bonchev–Trinajstić information content (AvgIpc) is 3.04. The van der Waals surface area contributed by atoms with Crippen molar-refractivity contribution >= 4 is 23.4 Å². The Balaban J connectivity index is 1.93. The molecule has 2 aromatic carbocycles. The van der Waals surface area contributed by atoms with Crippen molar-refractivity contribution in [3.05, 3.63) is 69.7 Å². The lowest BCUT2D eigenvalue weighted by Gasteiger charge is -2.07. The standard InChI is InChI=1S/C20H17F3N2OS/c1-12-8-14(6-7-15(12)11-26)18-19(24-2)25-17(27-18)10-13-4-3-5-16(9-13)20(21,22)23/h3-9,11,24H,10H2,1-2H3. The van der Waals surface area contributed by atoms with Crippen LogP contribution in [-0.4, -0.2) is 18.3 Å². The number of carbonyl (C=O) groups excluding carboxylic acids is 1. The lowest BCUT2D eigenvalue weighted by Crippen LogP contribution is -2.05. The van der Waals surface area contributed by atoms with Crippen molar-refractivity contribution in [1.82, 2.24) is 4.98 Å². The minimum Gasteiger partial charge on any atom is -0.372 e. The van der Waals surface area contributed by atoms with Crippen molar-refractivity contribution in [3.63, 3.8) is 0 Å². The van der Waals surface area contributed by atoms with E-state index in [1.807, 2.05) is 19.1 Å². The van der Waals surface area contributed by atoms with E-state index in [2.05, 4.69) is 10.3 Å². The quantitative estimate of drug-likeness (QED) is 0.578. The predicted octanol–water partition coefficient (Wildman–Crippen LogP) is 5.58. The first kappa shape index (κ1) is 19.1. The fraction of sp³-hybridized carbons (Fsp3) is 0.200. The minimum absolute atomic E-state index is 0.314. The number of carbonyl (C=O) groups is 1. The van der Waals surface area contributed by atoms with Gasteiger partial charge < -0.3 is 5.32 Å². The first-order chi connectivity index (χ1) is 12.8. The van der Waals surface area contributed by atoms with Crippen molar-refractivity contribution < 1.29 is 18.0 Å². The van der Waals surface area contributed by atoms with E-state index < -0.39 is 11.7 Å². The number of aryl methyl sites for hydroxylation is 1. The topological polar surface area (TPSA) is 42.0 Å². The molecule has 0 saturated carbocycles. The van der Waals surface area contributed by atoms with Gasteiger partial charge >= 0.3 is 6.18 Å². The summed E-state index contributed by atoms with van der Waals surface area (Å²) >= 11 is 1.42. The number of thiazole rings is 1. The van der Waals surface area contributed by atoms with Gasteiger partial charge in [0.05, 0.1) is 10.4 Å². The Hall–Kier alpha value is -2.67. The van der Waals surface area contributed by atoms with Crippen LogP contribution in [-0.2, 0) is 12.6 Å². The highest BCUT2D eigenvalue weighted by atomic mass is 32.1. The SMILES string of the molecule is CNc1nc(Cc2cccc(C(F)(F)F)c2)sc1-c1ccc(C=O)c(C)c1. The highest BCUT2D eigenvalue weighted by molar-refractivity contribution is 7.15. The third-order valence-electron chi connectivity index (χ3n) is 4.18. The summed E-state index contributed by atoms with van der Waals surface area (Å²) in [5, 5.41) is 3.75. The van der Waals surface area contributed by atoms with Crippen LogP contribution in [0.25, 0.3) is 10.4 Å². The molecule has 0 amide bonds. The normalized spacial score (nSPS) is 11.4. The van der Waals surface area contributed by atoms with Gasteiger partial charge in [0.25, 0.3) is 0 Å². The van der Waals surface area contributed by atoms with E-state index >= 15 is 0 Å². The molecule has 0 spiro atoms. The first-order valence-corrected chi connectivity index (χ1v) is 9.03. The second kappa shape index (κ2) is 7.52. The Labute approximate surface area is 158 Å². The number of rotatable bonds is 5. The van der Waals surface area contributed by atoms with Gasteiger partial charge in [0, 0.05) is 19.0 Å². The third kappa shape index (κ3) is 4.19. The van der Waals surface area contributed by atoms with Crippen LogP contribution in [0.3, 0.4) is 0 Å². The monoisotopic (exact) mass is 390 g/mol. The number of hydrogen-bond donors (Lipinski definition) is 1. The molecule has 0 unspecified atom stereocenters. The zero-order valence-corrected chi connectivity index (χ0v) is 15.5. The minimum atomic E-state index is -4.36. The molecule has 0 atom stereocenters. The van der Waals surface area contributed by atoms with Gasteiger partial charge in [-0.15, -0.1) is 11.3 Å². The van der Waals surface area contributed by atoms with Crippen molar-refractivity contribution in [2.45, 2.75) is 19.5 Å². The smallest absolute Gasteiger partial charge is 0.372 e. The fourth-order valence-corrected chi connectivity index (χ4v) is 3.89. The van der Waals surface area contributed by atoms with Crippen LogP contribution in [0, 0.1) is 6.92 Å². The lowest BCUT2D eigenvalue weighted by molar-refractivity contribution is -0.137. The Kier molecular flexibility index (Phi) is 5.32. The molecule has 0 aliphatic heterocycles. The molecule has 3 nitrogen and oxygen atoms in total. The number of anilines is 1. The predicted molar refractivity (Wildman–Crippen MR) is 101 cm³/mol. The molecule has 27 heavy (non-hydrogen) atoms. The highest BCUT2D eigenvalue weighted by Gasteiger charge is 2.30. The number of halogens is 3. The number of aldehydes is 1. The Morgan fingerprint density at radius 3 is 2.59 bits per heavy atom. The van der Waals surface area contributed by atoms with E-state index in [0.29, 0.717) is 28.4 Å². The molecule has 3 rings (SSSR count). The largest absolute Gasteiger partial charge is 0.416 e. The molecule has 140 valence electrons. The number of aromatic nitrogens is 1. The molecule has 0 aliphatic rings. The molecule has 1 N–H and O–H groups in total. The summed E-state index contributed by atoms with van der Waals surface area (Å²) in [5.74, 6) is 0.667. The van der Waals surface area contributed by atoms with Gasteiger partial charge in [-0.25, -0.2) is 4.98 Å². The van der Waals surface area contributed by atoms with E-state index in [0.717, 1.165) is 34.4 Å². The second-order valence-corrected chi connectivity index (χ2v) is 7.18. The molecule has 0 aliphatic carbocycles. The molecule has 0 radical (unpaired) electrons. The van der Waals surface area contributed by atoms with E-state index in [-0.39, 0.29) is 0 Å². The Bertz CT molecular complexity index is 980. The van der Waals surface area contributed by atoms with E-state index in [9.17, 15) is 18.0 Å². The second-order valence-electron chi connectivity index (χ2n) is 6.10. The summed E-state index contributed by atoms with van der Waals surface area (Å²) in [6.45, 7) is 1.86. The van der Waals surface area contributed by atoms with Crippen LogP contribution in [0.4, 0.5) is 19.0 Å². The molecule has 0 bridgehead atoms. The van der Waals surface area contributed by atoms with Crippen LogP contribution in [0.5, 0.6) is 0 Å². The molecule has 0 saturated heterocycles. The molecule has 3 aromatic rings. The van der Waals surface area contributed by atoms with Crippen molar-refractivity contribution in [3.8, 4) is 10.4 Å². The lowest BCUT2D eigenvalue weighted by atomic mass is 10.1. The first-order valence-electron chi connectivity index (χ1n) is 8.21. The molecular formula is C20H17F3N2OS. The number of alkyl halides is 3. The number of benzene rings is 2. The Morgan fingerprint density at radius 1 is 1.19 bits per heavy atom. The summed E-state index contributed by atoms with van der Waals surface area (Å²) in [6, 6.07) is 10.8. The summed E-state index contributed by atoms with van der Waals surface area (Å²) in [6.07, 6.45) is -3.24. The van der Waals surface area contributed by atoms with Crippen LogP contribution in [0.15, 0.2) is 42.5 Å². The summed E-state index contributed by atoms with van der Waals surface area (Å²) in [5.41, 5.74) is 2.29. The molecule has 7 heteroatoms. The van der Waals surface area contributed by atoms with Gasteiger partial charge in [-0.05, 0) is 35.7 Å². The third-order valence-corrected chi connectivity index (χ3v) is 5.28. The molecule has 1 heterocycles. The van der Waals surface area contributed by atoms with Crippen molar-refractivity contribution in [2.24, 2.45) is 0 Å².